The molecule has 114 valence electrons. The number of ether oxygens (including phenoxy) is 1. The smallest absolute Gasteiger partial charge is 0.0729 e. The van der Waals surface area contributed by atoms with Crippen molar-refractivity contribution < 1.29 is 4.74 Å². The lowest BCUT2D eigenvalue weighted by molar-refractivity contribution is 0.183. The van der Waals surface area contributed by atoms with Crippen LogP contribution in [0.1, 0.15) is 31.9 Å². The van der Waals surface area contributed by atoms with Crippen LogP contribution in [0.5, 0.6) is 0 Å². The zero-order chi connectivity index (χ0) is 15.3. The number of nitrogens with one attached hydrogen (secondary N) is 1. The largest absolute Gasteiger partial charge is 0.383 e. The monoisotopic (exact) mass is 287 g/mol. The average Bonchev–Trinajstić information content (AvgIpc) is 2.90. The minimum absolute atomic E-state index is 0.203. The molecule has 0 amide bonds. The number of aromatic nitrogens is 2. The zero-order valence-electron chi connectivity index (χ0n) is 13.4. The van der Waals surface area contributed by atoms with Crippen LogP contribution in [0.4, 0.5) is 5.69 Å². The normalized spacial score (nSPS) is 11.6. The van der Waals surface area contributed by atoms with Crippen LogP contribution in [-0.4, -0.2) is 23.5 Å². The zero-order valence-corrected chi connectivity index (χ0v) is 13.4. The number of anilines is 1. The molecule has 1 heterocycles. The van der Waals surface area contributed by atoms with Crippen molar-refractivity contribution in [2.75, 3.05) is 19.0 Å². The van der Waals surface area contributed by atoms with Gasteiger partial charge in [-0.25, -0.2) is 0 Å². The molecular weight excluding hydrogens is 262 g/mol. The van der Waals surface area contributed by atoms with Gasteiger partial charge >= 0.3 is 0 Å². The number of hydrogen-bond acceptors (Lipinski definition) is 3. The Labute approximate surface area is 127 Å². The van der Waals surface area contributed by atoms with Crippen molar-refractivity contribution in [3.8, 4) is 0 Å². The molecule has 1 aromatic carbocycles. The van der Waals surface area contributed by atoms with E-state index in [4.69, 9.17) is 4.74 Å². The van der Waals surface area contributed by atoms with Gasteiger partial charge in [0, 0.05) is 19.9 Å². The first-order valence-electron chi connectivity index (χ1n) is 7.34. The first kappa shape index (κ1) is 15.6. The summed E-state index contributed by atoms with van der Waals surface area (Å²) in [5, 5.41) is 7.68. The predicted octanol–water partition coefficient (Wildman–Crippen LogP) is 3.44. The Morgan fingerprint density at radius 1 is 1.19 bits per heavy atom. The first-order valence-corrected chi connectivity index (χ1v) is 7.34. The predicted molar refractivity (Wildman–Crippen MR) is 86.6 cm³/mol. The van der Waals surface area contributed by atoms with Gasteiger partial charge in [-0.15, -0.1) is 0 Å². The van der Waals surface area contributed by atoms with Gasteiger partial charge in [-0.05, 0) is 16.5 Å². The van der Waals surface area contributed by atoms with Gasteiger partial charge in [0.05, 0.1) is 25.0 Å². The van der Waals surface area contributed by atoms with E-state index in [0.29, 0.717) is 6.61 Å². The highest BCUT2D eigenvalue weighted by molar-refractivity contribution is 5.39. The number of nitrogens with zero attached hydrogens (tertiary/aromatic N) is 2. The lowest BCUT2D eigenvalue weighted by Gasteiger charge is -2.19. The van der Waals surface area contributed by atoms with Crippen LogP contribution < -0.4 is 5.32 Å². The van der Waals surface area contributed by atoms with Gasteiger partial charge in [-0.2, -0.15) is 5.10 Å². The molecule has 0 aliphatic rings. The quantitative estimate of drug-likeness (QED) is 0.884. The van der Waals surface area contributed by atoms with Crippen LogP contribution in [0.3, 0.4) is 0 Å². The van der Waals surface area contributed by atoms with Gasteiger partial charge < -0.3 is 10.1 Å². The molecule has 1 aromatic heterocycles. The molecule has 0 bridgehead atoms. The fraction of sp³-hybridized carbons (Fsp3) is 0.471. The molecule has 4 nitrogen and oxygen atoms in total. The van der Waals surface area contributed by atoms with Crippen molar-refractivity contribution in [1.82, 2.24) is 9.78 Å². The summed E-state index contributed by atoms with van der Waals surface area (Å²) in [4.78, 5) is 0. The lowest BCUT2D eigenvalue weighted by atomic mass is 9.87. The molecule has 0 saturated carbocycles. The Balaban J connectivity index is 1.89. The fourth-order valence-electron chi connectivity index (χ4n) is 2.09. The van der Waals surface area contributed by atoms with Crippen LogP contribution in [0.2, 0.25) is 0 Å². The highest BCUT2D eigenvalue weighted by atomic mass is 16.5. The summed E-state index contributed by atoms with van der Waals surface area (Å²) in [6.45, 7) is 8.95. The molecule has 0 unspecified atom stereocenters. The van der Waals surface area contributed by atoms with Gasteiger partial charge in [-0.1, -0.05) is 45.0 Å². The Hall–Kier alpha value is -1.81. The van der Waals surface area contributed by atoms with Crippen LogP contribution in [0.25, 0.3) is 0 Å². The second-order valence-electron chi connectivity index (χ2n) is 6.29. The molecule has 0 spiro atoms. The number of rotatable bonds is 6. The maximum atomic E-state index is 5.04. The number of hydrogen-bond donors (Lipinski definition) is 1. The van der Waals surface area contributed by atoms with Crippen molar-refractivity contribution in [3.63, 3.8) is 0 Å². The van der Waals surface area contributed by atoms with Crippen molar-refractivity contribution >= 4 is 5.69 Å². The molecule has 0 atom stereocenters. The molecule has 2 aromatic rings. The van der Waals surface area contributed by atoms with Gasteiger partial charge in [0.25, 0.3) is 0 Å². The summed E-state index contributed by atoms with van der Waals surface area (Å²) in [5.74, 6) is 0. The summed E-state index contributed by atoms with van der Waals surface area (Å²) in [6.07, 6.45) is 3.85. The topological polar surface area (TPSA) is 39.1 Å². The third-order valence-corrected chi connectivity index (χ3v) is 3.47. The third-order valence-electron chi connectivity index (χ3n) is 3.47. The van der Waals surface area contributed by atoms with Crippen LogP contribution in [-0.2, 0) is 23.2 Å². The van der Waals surface area contributed by atoms with Crippen molar-refractivity contribution in [2.24, 2.45) is 0 Å². The van der Waals surface area contributed by atoms with Crippen LogP contribution in [0, 0.1) is 0 Å². The van der Waals surface area contributed by atoms with E-state index in [1.165, 1.54) is 11.1 Å². The van der Waals surface area contributed by atoms with Gasteiger partial charge in [0.2, 0.25) is 0 Å². The van der Waals surface area contributed by atoms with E-state index in [-0.39, 0.29) is 5.41 Å². The molecule has 2 rings (SSSR count). The number of methoxy groups -OCH3 is 1. The van der Waals surface area contributed by atoms with E-state index in [1.54, 1.807) is 7.11 Å². The van der Waals surface area contributed by atoms with E-state index in [2.05, 4.69) is 55.5 Å². The minimum atomic E-state index is 0.203. The molecule has 21 heavy (non-hydrogen) atoms. The van der Waals surface area contributed by atoms with Crippen molar-refractivity contribution in [3.05, 3.63) is 47.8 Å². The molecular formula is C17H25N3O. The summed E-state index contributed by atoms with van der Waals surface area (Å²) in [6, 6.07) is 8.78. The Morgan fingerprint density at radius 3 is 2.52 bits per heavy atom. The average molecular weight is 287 g/mol. The standard InChI is InChI=1S/C17H25N3O/c1-17(2,3)15-7-5-14(6-8-15)11-18-16-12-19-20(13-16)9-10-21-4/h5-8,12-13,18H,9-11H2,1-4H3. The molecule has 0 radical (unpaired) electrons. The summed E-state index contributed by atoms with van der Waals surface area (Å²) in [5.41, 5.74) is 3.87. The fourth-order valence-corrected chi connectivity index (χ4v) is 2.09. The molecule has 4 heteroatoms. The second kappa shape index (κ2) is 6.76. The molecule has 0 aliphatic carbocycles. The van der Waals surface area contributed by atoms with Crippen LogP contribution in [0.15, 0.2) is 36.7 Å². The van der Waals surface area contributed by atoms with Gasteiger partial charge in [0.15, 0.2) is 0 Å². The molecule has 0 fully saturated rings. The molecule has 0 aliphatic heterocycles. The Kier molecular flexibility index (Phi) is 5.02. The summed E-state index contributed by atoms with van der Waals surface area (Å²) in [7, 11) is 1.70. The van der Waals surface area contributed by atoms with E-state index in [9.17, 15) is 0 Å². The van der Waals surface area contributed by atoms with E-state index < -0.39 is 0 Å². The minimum Gasteiger partial charge on any atom is -0.383 e. The molecule has 0 saturated heterocycles. The number of benzene rings is 1. The SMILES string of the molecule is COCCn1cc(NCc2ccc(C(C)(C)C)cc2)cn1. The van der Waals surface area contributed by atoms with E-state index in [1.807, 2.05) is 17.1 Å². The van der Waals surface area contributed by atoms with Gasteiger partial charge in [0.1, 0.15) is 0 Å². The van der Waals surface area contributed by atoms with Crippen LogP contribution >= 0.6 is 0 Å². The summed E-state index contributed by atoms with van der Waals surface area (Å²) < 4.78 is 6.93. The third kappa shape index (κ3) is 4.60. The van der Waals surface area contributed by atoms with E-state index >= 15 is 0 Å². The second-order valence-corrected chi connectivity index (χ2v) is 6.29. The Bertz CT molecular complexity index is 552. The lowest BCUT2D eigenvalue weighted by Crippen LogP contribution is -2.11. The maximum absolute atomic E-state index is 5.04. The highest BCUT2D eigenvalue weighted by Crippen LogP contribution is 2.22. The maximum Gasteiger partial charge on any atom is 0.0729 e. The van der Waals surface area contributed by atoms with Crippen molar-refractivity contribution in [2.45, 2.75) is 39.3 Å². The van der Waals surface area contributed by atoms with Crippen molar-refractivity contribution in [1.29, 1.82) is 0 Å². The van der Waals surface area contributed by atoms with E-state index in [0.717, 1.165) is 18.8 Å². The first-order chi connectivity index (χ1) is 9.99. The summed E-state index contributed by atoms with van der Waals surface area (Å²) >= 11 is 0. The molecule has 1 N–H and O–H groups in total. The van der Waals surface area contributed by atoms with Gasteiger partial charge in [-0.3, -0.25) is 4.68 Å². The Morgan fingerprint density at radius 2 is 1.90 bits per heavy atom. The highest BCUT2D eigenvalue weighted by Gasteiger charge is 2.12.